The molecule has 8 bridgehead atoms. The number of nitrogens with zero attached hydrogens (tertiary/aromatic N) is 6. The highest BCUT2D eigenvalue weighted by Gasteiger charge is 2.29. The molecule has 2 aliphatic rings. The molecule has 20 nitrogen and oxygen atoms in total. The molecule has 9 rings (SSSR count). The van der Waals surface area contributed by atoms with Gasteiger partial charge in [-0.3, -0.25) is 40.5 Å². The fourth-order valence-corrected chi connectivity index (χ4v) is 8.35. The molecule has 3 aromatic heterocycles. The van der Waals surface area contributed by atoms with Crippen molar-refractivity contribution < 1.29 is 38.6 Å². The lowest BCUT2D eigenvalue weighted by atomic mass is 10.0. The Labute approximate surface area is 383 Å². The Balaban J connectivity index is 1.56. The molecular formula is C48H34N8O12. The van der Waals surface area contributed by atoms with Crippen LogP contribution in [0.3, 0.4) is 0 Å². The van der Waals surface area contributed by atoms with Gasteiger partial charge in [0.2, 0.25) is 0 Å². The number of hydrogen-bond donors (Lipinski definition) is 2. The van der Waals surface area contributed by atoms with Gasteiger partial charge in [-0.2, -0.15) is 0 Å². The molecule has 0 saturated heterocycles. The Morgan fingerprint density at radius 2 is 0.588 bits per heavy atom. The Morgan fingerprint density at radius 3 is 0.779 bits per heavy atom. The van der Waals surface area contributed by atoms with Crippen LogP contribution in [0.15, 0.2) is 97.1 Å². The summed E-state index contributed by atoms with van der Waals surface area (Å²) >= 11 is 0. The van der Waals surface area contributed by atoms with Gasteiger partial charge in [-0.05, 0) is 97.1 Å². The van der Waals surface area contributed by atoms with Gasteiger partial charge >= 0.3 is 0 Å². The molecule has 4 aromatic carbocycles. The standard InChI is InChI=1S/C48H34N8O12/c1-65-25-5-17-41(53(57)58)29(21-25)45-33-9-11-35(49-33)46(30-22-26(66-2)6-18-42(30)54(59)60)37-13-15-39(51-37)48(32-24-28(68-4)8-20-44(32)56(63)64)40-16-14-38(52-40)47(36-12-10-34(45)50-36)31-23-27(67-3)7-19-43(31)55(61)62/h5-24,49,52H,1-4H3. The van der Waals surface area contributed by atoms with Crippen LogP contribution < -0.4 is 18.9 Å². The van der Waals surface area contributed by atoms with E-state index in [1.165, 1.54) is 101 Å². The summed E-state index contributed by atoms with van der Waals surface area (Å²) in [6.07, 6.45) is 6.40. The number of fused-ring (bicyclic) bond motifs is 8. The van der Waals surface area contributed by atoms with Crippen molar-refractivity contribution in [1.29, 1.82) is 0 Å². The zero-order valence-electron chi connectivity index (χ0n) is 36.1. The van der Waals surface area contributed by atoms with Gasteiger partial charge in [-0.15, -0.1) is 0 Å². The fraction of sp³-hybridized carbons (Fsp3) is 0.0833. The van der Waals surface area contributed by atoms with E-state index < -0.39 is 19.7 Å². The van der Waals surface area contributed by atoms with Gasteiger partial charge in [-0.1, -0.05) is 0 Å². The minimum absolute atomic E-state index is 0.0753. The summed E-state index contributed by atoms with van der Waals surface area (Å²) < 4.78 is 22.1. The molecule has 5 heterocycles. The molecule has 2 N–H and O–H groups in total. The number of nitro groups is 4. The topological polar surface area (TPSA) is 267 Å². The molecule has 0 fully saturated rings. The van der Waals surface area contributed by atoms with Crippen molar-refractivity contribution in [3.8, 4) is 67.5 Å². The first-order valence-electron chi connectivity index (χ1n) is 20.3. The van der Waals surface area contributed by atoms with Crippen molar-refractivity contribution >= 4 is 69.1 Å². The van der Waals surface area contributed by atoms with Crippen LogP contribution in [0.2, 0.25) is 0 Å². The maximum Gasteiger partial charge on any atom is 0.277 e. The molecule has 0 unspecified atom stereocenters. The predicted molar refractivity (Wildman–Crippen MR) is 253 cm³/mol. The van der Waals surface area contributed by atoms with Gasteiger partial charge in [-0.25, -0.2) is 9.97 Å². The maximum atomic E-state index is 12.8. The first kappa shape index (κ1) is 43.5. The second-order valence-electron chi connectivity index (χ2n) is 15.1. The summed E-state index contributed by atoms with van der Waals surface area (Å²) in [5.74, 6) is 1.10. The highest BCUT2D eigenvalue weighted by molar-refractivity contribution is 6.03. The molecular weight excluding hydrogens is 881 g/mol. The minimum Gasteiger partial charge on any atom is -0.497 e. The zero-order chi connectivity index (χ0) is 48.0. The zero-order valence-corrected chi connectivity index (χ0v) is 36.1. The molecule has 20 heteroatoms. The van der Waals surface area contributed by atoms with Crippen molar-refractivity contribution in [1.82, 2.24) is 19.9 Å². The van der Waals surface area contributed by atoms with Gasteiger partial charge in [0.1, 0.15) is 23.0 Å². The lowest BCUT2D eigenvalue weighted by Crippen LogP contribution is -1.97. The summed E-state index contributed by atoms with van der Waals surface area (Å²) in [4.78, 5) is 65.7. The van der Waals surface area contributed by atoms with Crippen LogP contribution in [0.4, 0.5) is 22.7 Å². The Kier molecular flexibility index (Phi) is 11.1. The average molecular weight is 915 g/mol. The maximum absolute atomic E-state index is 12.8. The van der Waals surface area contributed by atoms with Crippen molar-refractivity contribution in [3.63, 3.8) is 0 Å². The molecule has 0 saturated carbocycles. The van der Waals surface area contributed by atoms with E-state index in [1.54, 1.807) is 48.6 Å². The largest absolute Gasteiger partial charge is 0.497 e. The summed E-state index contributed by atoms with van der Waals surface area (Å²) in [5, 5.41) is 51.1. The normalized spacial score (nSPS) is 11.6. The van der Waals surface area contributed by atoms with Crippen molar-refractivity contribution in [2.24, 2.45) is 0 Å². The third-order valence-electron chi connectivity index (χ3n) is 11.4. The van der Waals surface area contributed by atoms with Crippen molar-refractivity contribution in [2.75, 3.05) is 28.4 Å². The molecule has 0 spiro atoms. The first-order valence-corrected chi connectivity index (χ1v) is 20.3. The smallest absolute Gasteiger partial charge is 0.277 e. The van der Waals surface area contributed by atoms with E-state index >= 15 is 0 Å². The van der Waals surface area contributed by atoms with Crippen LogP contribution in [0.5, 0.6) is 23.0 Å². The number of nitro benzene ring substituents is 4. The lowest BCUT2D eigenvalue weighted by Gasteiger charge is -2.10. The van der Waals surface area contributed by atoms with E-state index in [1.807, 2.05) is 0 Å². The highest BCUT2D eigenvalue weighted by Crippen LogP contribution is 2.45. The van der Waals surface area contributed by atoms with Gasteiger partial charge < -0.3 is 28.9 Å². The summed E-state index contributed by atoms with van der Waals surface area (Å²) in [6.45, 7) is 0. The molecule has 68 heavy (non-hydrogen) atoms. The first-order chi connectivity index (χ1) is 32.8. The number of ether oxygens (including phenoxy) is 4. The second kappa shape index (κ2) is 17.3. The van der Waals surface area contributed by atoms with Crippen LogP contribution in [0.1, 0.15) is 22.8 Å². The van der Waals surface area contributed by atoms with E-state index in [-0.39, 0.29) is 135 Å². The van der Waals surface area contributed by atoms with Crippen molar-refractivity contribution in [3.05, 3.63) is 160 Å². The Hall–Kier alpha value is -9.72. The predicted octanol–water partition coefficient (Wildman–Crippen LogP) is 11.0. The van der Waals surface area contributed by atoms with Gasteiger partial charge in [0, 0.05) is 68.6 Å². The SMILES string of the molecule is COc1ccc([N+](=O)[O-])c(-c2c3nc(c(-c4cc(OC)ccc4[N+](=O)[O-])c4ccc([nH]4)c(-c4cc(OC)ccc4[N+](=O)[O-])c4nc(c(-c5cc(OC)ccc5[N+](=O)[O-])c5ccc2[nH]5)C=C4)C=C3)c1. The molecule has 2 aliphatic heterocycles. The molecule has 338 valence electrons. The van der Waals surface area contributed by atoms with E-state index in [0.29, 0.717) is 0 Å². The van der Waals surface area contributed by atoms with Crippen LogP contribution in [-0.2, 0) is 0 Å². The molecule has 0 atom stereocenters. The van der Waals surface area contributed by atoms with Crippen LogP contribution in [0.25, 0.3) is 90.9 Å². The number of methoxy groups -OCH3 is 4. The Morgan fingerprint density at radius 1 is 0.368 bits per heavy atom. The monoisotopic (exact) mass is 914 g/mol. The number of benzene rings is 4. The number of aromatic nitrogens is 4. The number of H-pyrrole nitrogens is 2. The summed E-state index contributed by atoms with van der Waals surface area (Å²) in [5.41, 5.74) is 1.57. The molecule has 0 amide bonds. The molecule has 0 aliphatic carbocycles. The number of nitrogens with one attached hydrogen (secondary N) is 2. The van der Waals surface area contributed by atoms with E-state index in [9.17, 15) is 40.5 Å². The van der Waals surface area contributed by atoms with Crippen molar-refractivity contribution in [2.45, 2.75) is 0 Å². The number of hydrogen-bond acceptors (Lipinski definition) is 14. The third kappa shape index (κ3) is 7.62. The van der Waals surface area contributed by atoms with Gasteiger partial charge in [0.15, 0.2) is 0 Å². The summed E-state index contributed by atoms with van der Waals surface area (Å²) in [7, 11) is 5.63. The van der Waals surface area contributed by atoms with E-state index in [2.05, 4.69) is 9.97 Å². The van der Waals surface area contributed by atoms with Crippen LogP contribution in [0, 0.1) is 40.5 Å². The van der Waals surface area contributed by atoms with E-state index in [4.69, 9.17) is 28.9 Å². The fourth-order valence-electron chi connectivity index (χ4n) is 8.35. The van der Waals surface area contributed by atoms with Gasteiger partial charge in [0.05, 0.1) is 93.2 Å². The quantitative estimate of drug-likeness (QED) is 0.0852. The van der Waals surface area contributed by atoms with Crippen LogP contribution >= 0.6 is 0 Å². The van der Waals surface area contributed by atoms with Crippen LogP contribution in [-0.4, -0.2) is 68.1 Å². The second-order valence-corrected chi connectivity index (χ2v) is 15.1. The number of aromatic amines is 2. The molecule has 0 radical (unpaired) electrons. The Bertz CT molecular complexity index is 3110. The molecule has 7 aromatic rings. The average Bonchev–Trinajstić information content (AvgIpc) is 4.19. The lowest BCUT2D eigenvalue weighted by molar-refractivity contribution is -0.384. The third-order valence-corrected chi connectivity index (χ3v) is 11.4. The number of rotatable bonds is 12. The van der Waals surface area contributed by atoms with E-state index in [0.717, 1.165) is 0 Å². The van der Waals surface area contributed by atoms with Gasteiger partial charge in [0.25, 0.3) is 22.7 Å². The summed E-state index contributed by atoms with van der Waals surface area (Å²) in [6, 6.07) is 23.3. The highest BCUT2D eigenvalue weighted by atomic mass is 16.6. The minimum atomic E-state index is -0.556.